The number of aromatic nitrogens is 8. The van der Waals surface area contributed by atoms with Gasteiger partial charge in [-0.3, -0.25) is 0 Å². The quantitative estimate of drug-likeness (QED) is 0.137. The second-order valence-corrected chi connectivity index (χ2v) is 15.2. The fourth-order valence-corrected chi connectivity index (χ4v) is 9.00. The Kier molecular flexibility index (Phi) is 8.54. The van der Waals surface area contributed by atoms with Crippen molar-refractivity contribution in [3.63, 3.8) is 0 Å². The van der Waals surface area contributed by atoms with Gasteiger partial charge in [0.15, 0.2) is 0 Å². The van der Waals surface area contributed by atoms with Crippen molar-refractivity contribution in [3.8, 4) is 45.6 Å². The van der Waals surface area contributed by atoms with Crippen molar-refractivity contribution >= 4 is 87.2 Å². The van der Waals surface area contributed by atoms with Crippen LogP contribution in [0.3, 0.4) is 0 Å². The molecule has 8 bridgehead atoms. The van der Waals surface area contributed by atoms with Crippen LogP contribution in [0.15, 0.2) is 97.1 Å². The van der Waals surface area contributed by atoms with Crippen LogP contribution in [0.4, 0.5) is 35.1 Å². The van der Waals surface area contributed by atoms with Crippen LogP contribution in [0.1, 0.15) is 0 Å². The molecule has 8 aromatic carbocycles. The second kappa shape index (κ2) is 14.2. The molecule has 0 saturated heterocycles. The van der Waals surface area contributed by atoms with Crippen molar-refractivity contribution in [1.82, 2.24) is 39.9 Å². The van der Waals surface area contributed by atoms with Gasteiger partial charge < -0.3 is 29.9 Å². The summed E-state index contributed by atoms with van der Waals surface area (Å²) in [7, 11) is 0. The Hall–Kier alpha value is -8.02. The van der Waals surface area contributed by atoms with Gasteiger partial charge in [0.2, 0.25) is 0 Å². The topological polar surface area (TPSA) is 123 Å². The monoisotopic (exact) mass is 923 g/mol. The molecule has 0 N–H and O–H groups in total. The second-order valence-electron chi connectivity index (χ2n) is 15.2. The number of halogens is 8. The molecule has 3 aromatic heterocycles. The maximum atomic E-state index is 16.9. The molecule has 18 heteroatoms. The number of benzene rings is 8. The molecule has 0 radical (unpaired) electrons. The average molecular weight is 924 g/mol. The molecule has 2 aliphatic heterocycles. The predicted molar refractivity (Wildman–Crippen MR) is 224 cm³/mol. The number of nitrogens with zero attached hydrogens (tertiary/aromatic N) is 8. The molecule has 0 atom stereocenters. The standard InChI is InChI=1S/C48H16F8N8.O.V/c49-33-17-9-1-2-10-18(17)34(50)26-25(33)41-57-42(26)62-44-29-30(38(54)22-14-6-5-13-21(22)37(29)53)46(59-44)64-48-32-31(39(55)23-15-7-8-16-24(23)40(32)56)47(60-48)63-45-28-27(43(58-45)61-41)35(51)19-11-3-4-12-20(19)36(28)52;;/h1-16H;;/q-2;;+2. The summed E-state index contributed by atoms with van der Waals surface area (Å²) in [5.41, 5.74) is -4.71. The van der Waals surface area contributed by atoms with Crippen LogP contribution >= 0.6 is 0 Å². The van der Waals surface area contributed by atoms with E-state index < -0.39 is 136 Å². The first-order chi connectivity index (χ1) is 32.1. The Morgan fingerprint density at radius 1 is 0.288 bits per heavy atom. The molecule has 5 heterocycles. The first-order valence-corrected chi connectivity index (χ1v) is 20.2. The van der Waals surface area contributed by atoms with Gasteiger partial charge in [0.1, 0.15) is 46.5 Å². The zero-order valence-corrected chi connectivity index (χ0v) is 34.1. The van der Waals surface area contributed by atoms with Gasteiger partial charge in [0.25, 0.3) is 0 Å². The van der Waals surface area contributed by atoms with E-state index in [1.54, 1.807) is 0 Å². The predicted octanol–water partition coefficient (Wildman–Crippen LogP) is 11.7. The maximum absolute atomic E-state index is 16.9. The molecule has 0 saturated carbocycles. The minimum atomic E-state index is -1.03. The van der Waals surface area contributed by atoms with Crippen LogP contribution in [-0.2, 0) is 21.0 Å². The summed E-state index contributed by atoms with van der Waals surface area (Å²) in [6, 6.07) is 22.2. The minimum absolute atomic E-state index is 0.197. The Labute approximate surface area is 371 Å². The summed E-state index contributed by atoms with van der Waals surface area (Å²) in [5, 5.41) is -3.83. The molecular formula is C48H16F8N8OV. The van der Waals surface area contributed by atoms with Gasteiger partial charge in [0, 0.05) is 87.2 Å². The summed E-state index contributed by atoms with van der Waals surface area (Å²) >= 11 is 1.06. The summed E-state index contributed by atoms with van der Waals surface area (Å²) < 4.78 is 143. The van der Waals surface area contributed by atoms with E-state index in [9.17, 15) is 0 Å². The number of hydrogen-bond acceptors (Lipinski definition) is 7. The van der Waals surface area contributed by atoms with Gasteiger partial charge in [-0.15, -0.1) is 0 Å². The molecule has 66 heavy (non-hydrogen) atoms. The van der Waals surface area contributed by atoms with Crippen molar-refractivity contribution in [2.24, 2.45) is 0 Å². The van der Waals surface area contributed by atoms with Gasteiger partial charge in [-0.2, -0.15) is 0 Å². The van der Waals surface area contributed by atoms with Crippen molar-refractivity contribution in [2.45, 2.75) is 0 Å². The Morgan fingerprint density at radius 3 is 0.667 bits per heavy atom. The molecule has 315 valence electrons. The van der Waals surface area contributed by atoms with E-state index >= 15 is 35.1 Å². The average Bonchev–Trinajstić information content (AvgIpc) is 4.10. The summed E-state index contributed by atoms with van der Waals surface area (Å²) in [6.07, 6.45) is 0. The summed E-state index contributed by atoms with van der Waals surface area (Å²) in [4.78, 5) is 35.3. The first kappa shape index (κ1) is 39.6. The van der Waals surface area contributed by atoms with Crippen molar-refractivity contribution in [3.05, 3.63) is 144 Å². The number of rotatable bonds is 0. The van der Waals surface area contributed by atoms with Gasteiger partial charge in [0.05, 0.1) is 45.6 Å². The van der Waals surface area contributed by atoms with E-state index in [4.69, 9.17) is 3.67 Å². The molecule has 11 aromatic rings. The Morgan fingerprint density at radius 2 is 0.470 bits per heavy atom. The van der Waals surface area contributed by atoms with E-state index in [0.717, 1.165) is 17.4 Å². The normalized spacial score (nSPS) is 12.1. The first-order valence-electron chi connectivity index (χ1n) is 19.6. The molecule has 13 rings (SSSR count). The number of hydrogen-bond donors (Lipinski definition) is 0. The fraction of sp³-hybridized carbons (Fsp3) is 0. The Bertz CT molecular complexity index is 3710. The zero-order valence-electron chi connectivity index (χ0n) is 32.7. The number of fused-ring (bicyclic) bond motifs is 24. The van der Waals surface area contributed by atoms with Crippen LogP contribution in [0.25, 0.3) is 133 Å². The molecule has 0 amide bonds. The molecule has 0 fully saturated rings. The van der Waals surface area contributed by atoms with Crippen LogP contribution in [-0.4, -0.2) is 29.9 Å². The molecule has 0 spiro atoms. The van der Waals surface area contributed by atoms with E-state index in [1.807, 2.05) is 0 Å². The van der Waals surface area contributed by atoms with E-state index in [-0.39, 0.29) is 43.1 Å². The van der Waals surface area contributed by atoms with E-state index in [2.05, 4.69) is 39.9 Å². The summed E-state index contributed by atoms with van der Waals surface area (Å²) in [6.45, 7) is 0. The molecule has 0 aliphatic carbocycles. The third kappa shape index (κ3) is 5.22. The molecule has 0 unspecified atom stereocenters. The third-order valence-electron chi connectivity index (χ3n) is 11.8. The molecule has 9 nitrogen and oxygen atoms in total. The summed E-state index contributed by atoms with van der Waals surface area (Å²) in [5.74, 6) is -10.7. The van der Waals surface area contributed by atoms with Gasteiger partial charge in [-0.1, -0.05) is 97.1 Å². The van der Waals surface area contributed by atoms with Crippen LogP contribution in [0, 0.1) is 46.5 Å². The molecule has 2 aliphatic rings. The van der Waals surface area contributed by atoms with E-state index in [1.165, 1.54) is 97.1 Å². The third-order valence-corrected chi connectivity index (χ3v) is 11.8. The van der Waals surface area contributed by atoms with Crippen molar-refractivity contribution in [1.29, 1.82) is 0 Å². The van der Waals surface area contributed by atoms with E-state index in [0.29, 0.717) is 0 Å². The van der Waals surface area contributed by atoms with Gasteiger partial charge >= 0.3 is 21.0 Å². The van der Waals surface area contributed by atoms with Crippen molar-refractivity contribution < 1.29 is 56.2 Å². The van der Waals surface area contributed by atoms with Gasteiger partial charge in [-0.05, 0) is 0 Å². The SMILES string of the molecule is Fc1c2c(c(F)c3ccccc13)-c1nc-2nc2[n-]c(nc3nc(nc4[n-]c(n1)c1c(F)c5ccccc5c(F)c41)-c1c-3c(F)c3ccccc3c1F)c1c(F)c3ccccc3c(F)c21.[O]=[V+2]. The van der Waals surface area contributed by atoms with Crippen LogP contribution in [0.5, 0.6) is 0 Å². The Balaban J connectivity index is 0.00000225. The van der Waals surface area contributed by atoms with Crippen molar-refractivity contribution in [2.75, 3.05) is 0 Å². The van der Waals surface area contributed by atoms with Crippen LogP contribution < -0.4 is 9.97 Å². The van der Waals surface area contributed by atoms with Gasteiger partial charge in [-0.25, -0.2) is 45.1 Å². The van der Waals surface area contributed by atoms with Crippen LogP contribution in [0.2, 0.25) is 0 Å². The molecular weight excluding hydrogens is 908 g/mol. The fourth-order valence-electron chi connectivity index (χ4n) is 9.00. The zero-order chi connectivity index (χ0) is 45.4.